The number of rotatable bonds is 5. The Kier molecular flexibility index (Phi) is 5.88. The number of nitrogens with one attached hydrogen (secondary N) is 1. The van der Waals surface area contributed by atoms with Crippen LogP contribution in [-0.4, -0.2) is 30.0 Å². The lowest BCUT2D eigenvalue weighted by atomic mass is 9.82. The summed E-state index contributed by atoms with van der Waals surface area (Å²) >= 11 is 5.87. The first kappa shape index (κ1) is 21.5. The molecule has 3 aromatic rings. The Labute approximate surface area is 189 Å². The number of carbonyl (C=O) groups excluding carboxylic acids is 4. The molecule has 0 heterocycles. The van der Waals surface area contributed by atoms with Gasteiger partial charge in [-0.15, -0.1) is 0 Å². The molecule has 0 fully saturated rings. The van der Waals surface area contributed by atoms with Gasteiger partial charge in [0.1, 0.15) is 0 Å². The average Bonchev–Trinajstić information content (AvgIpc) is 2.81. The molecule has 0 spiro atoms. The lowest BCUT2D eigenvalue weighted by molar-refractivity contribution is -0.124. The van der Waals surface area contributed by atoms with E-state index in [0.29, 0.717) is 10.6 Å². The third-order valence-electron chi connectivity index (χ3n) is 5.25. The maximum absolute atomic E-state index is 13.0. The van der Waals surface area contributed by atoms with Crippen molar-refractivity contribution in [1.29, 1.82) is 0 Å². The lowest BCUT2D eigenvalue weighted by Gasteiger charge is -2.19. The Hall–Kier alpha value is -3.77. The summed E-state index contributed by atoms with van der Waals surface area (Å²) in [4.78, 5) is 50.8. The Morgan fingerprint density at radius 3 is 2.19 bits per heavy atom. The molecule has 7 heteroatoms. The molecule has 0 saturated heterocycles. The van der Waals surface area contributed by atoms with Crippen molar-refractivity contribution in [1.82, 2.24) is 5.32 Å². The van der Waals surface area contributed by atoms with Crippen molar-refractivity contribution < 1.29 is 23.9 Å². The van der Waals surface area contributed by atoms with Crippen LogP contribution in [0, 0.1) is 0 Å². The zero-order valence-corrected chi connectivity index (χ0v) is 17.8. The summed E-state index contributed by atoms with van der Waals surface area (Å²) < 4.78 is 5.15. The van der Waals surface area contributed by atoms with Crippen molar-refractivity contribution in [3.63, 3.8) is 0 Å². The van der Waals surface area contributed by atoms with E-state index < -0.39 is 24.3 Å². The van der Waals surface area contributed by atoms with Gasteiger partial charge >= 0.3 is 5.97 Å². The summed E-state index contributed by atoms with van der Waals surface area (Å²) in [5.74, 6) is -2.11. The summed E-state index contributed by atoms with van der Waals surface area (Å²) in [6.45, 7) is 1.26. The minimum Gasteiger partial charge on any atom is -0.452 e. The lowest BCUT2D eigenvalue weighted by Crippen LogP contribution is -2.31. The van der Waals surface area contributed by atoms with E-state index in [1.165, 1.54) is 18.2 Å². The second-order valence-electron chi connectivity index (χ2n) is 7.35. The molecule has 1 atom stereocenters. The van der Waals surface area contributed by atoms with Crippen LogP contribution in [0.15, 0.2) is 66.7 Å². The van der Waals surface area contributed by atoms with Crippen LogP contribution in [0.5, 0.6) is 0 Å². The first-order chi connectivity index (χ1) is 15.4. The average molecular weight is 448 g/mol. The first-order valence-electron chi connectivity index (χ1n) is 9.90. The number of hydrogen-bond acceptors (Lipinski definition) is 5. The standard InChI is InChI=1S/C25H18ClNO5/c1-14(15-9-11-16(26)12-10-15)27-21(28)13-32-25(31)20-8-4-7-19-22(20)24(30)18-6-3-2-5-17(18)23(19)29/h2-12,14H,13H2,1H3,(H,27,28). The van der Waals surface area contributed by atoms with Crippen molar-refractivity contribution in [2.24, 2.45) is 0 Å². The van der Waals surface area contributed by atoms with Gasteiger partial charge in [0.15, 0.2) is 18.2 Å². The highest BCUT2D eigenvalue weighted by atomic mass is 35.5. The van der Waals surface area contributed by atoms with E-state index in [2.05, 4.69) is 5.32 Å². The van der Waals surface area contributed by atoms with Crippen LogP contribution in [0.1, 0.15) is 60.7 Å². The Balaban J connectivity index is 1.48. The highest BCUT2D eigenvalue weighted by Crippen LogP contribution is 2.29. The fraction of sp³-hybridized carbons (Fsp3) is 0.120. The normalized spacial score (nSPS) is 13.1. The van der Waals surface area contributed by atoms with Crippen molar-refractivity contribution in [3.8, 4) is 0 Å². The maximum Gasteiger partial charge on any atom is 0.339 e. The van der Waals surface area contributed by atoms with Gasteiger partial charge in [-0.25, -0.2) is 4.79 Å². The number of ether oxygens (including phenoxy) is 1. The molecule has 4 rings (SSSR count). The van der Waals surface area contributed by atoms with Gasteiger partial charge in [0.25, 0.3) is 5.91 Å². The number of amides is 1. The van der Waals surface area contributed by atoms with Crippen LogP contribution in [0.25, 0.3) is 0 Å². The number of fused-ring (bicyclic) bond motifs is 2. The van der Waals surface area contributed by atoms with Gasteiger partial charge in [0.05, 0.1) is 11.6 Å². The molecule has 1 aliphatic carbocycles. The SMILES string of the molecule is CC(NC(=O)COC(=O)c1cccc2c1C(=O)c1ccccc1C2=O)c1ccc(Cl)cc1. The molecule has 1 N–H and O–H groups in total. The summed E-state index contributed by atoms with van der Waals surface area (Å²) in [6, 6.07) is 17.6. The number of carbonyl (C=O) groups is 4. The molecule has 3 aromatic carbocycles. The van der Waals surface area contributed by atoms with Gasteiger partial charge in [-0.05, 0) is 30.7 Å². The van der Waals surface area contributed by atoms with Crippen LogP contribution in [0.2, 0.25) is 5.02 Å². The predicted molar refractivity (Wildman–Crippen MR) is 118 cm³/mol. The fourth-order valence-corrected chi connectivity index (χ4v) is 3.77. The maximum atomic E-state index is 13.0. The first-order valence-corrected chi connectivity index (χ1v) is 10.3. The Morgan fingerprint density at radius 2 is 1.50 bits per heavy atom. The van der Waals surface area contributed by atoms with E-state index in [-0.39, 0.29) is 34.1 Å². The number of ketones is 2. The molecule has 1 amide bonds. The fourth-order valence-electron chi connectivity index (χ4n) is 3.64. The molecule has 32 heavy (non-hydrogen) atoms. The van der Waals surface area contributed by atoms with Gasteiger partial charge in [0, 0.05) is 27.3 Å². The third-order valence-corrected chi connectivity index (χ3v) is 5.51. The molecule has 0 bridgehead atoms. The molecular weight excluding hydrogens is 430 g/mol. The predicted octanol–water partition coefficient (Wildman–Crippen LogP) is 4.15. The van der Waals surface area contributed by atoms with Crippen LogP contribution in [0.4, 0.5) is 0 Å². The molecule has 0 saturated carbocycles. The summed E-state index contributed by atoms with van der Waals surface area (Å²) in [5, 5.41) is 3.32. The summed E-state index contributed by atoms with van der Waals surface area (Å²) in [6.07, 6.45) is 0. The molecule has 0 aromatic heterocycles. The van der Waals surface area contributed by atoms with E-state index in [9.17, 15) is 19.2 Å². The molecule has 1 aliphatic rings. The van der Waals surface area contributed by atoms with E-state index in [1.807, 2.05) is 0 Å². The second-order valence-corrected chi connectivity index (χ2v) is 7.79. The minimum absolute atomic E-state index is 0.00357. The van der Waals surface area contributed by atoms with Gasteiger partial charge in [-0.3, -0.25) is 14.4 Å². The number of hydrogen-bond donors (Lipinski definition) is 1. The molecule has 0 radical (unpaired) electrons. The third kappa shape index (κ3) is 4.05. The van der Waals surface area contributed by atoms with Crippen LogP contribution in [0.3, 0.4) is 0 Å². The second kappa shape index (κ2) is 8.77. The quantitative estimate of drug-likeness (QED) is 0.464. The van der Waals surface area contributed by atoms with Crippen molar-refractivity contribution >= 4 is 35.0 Å². The molecule has 6 nitrogen and oxygen atoms in total. The topological polar surface area (TPSA) is 89.5 Å². The Bertz CT molecular complexity index is 1250. The van der Waals surface area contributed by atoms with Gasteiger partial charge in [0.2, 0.25) is 0 Å². The molecule has 0 aliphatic heterocycles. The zero-order valence-electron chi connectivity index (χ0n) is 17.1. The van der Waals surface area contributed by atoms with Gasteiger partial charge in [-0.1, -0.05) is 60.1 Å². The van der Waals surface area contributed by atoms with E-state index in [1.54, 1.807) is 55.5 Å². The van der Waals surface area contributed by atoms with E-state index in [4.69, 9.17) is 16.3 Å². The van der Waals surface area contributed by atoms with Crippen LogP contribution in [-0.2, 0) is 9.53 Å². The summed E-state index contributed by atoms with van der Waals surface area (Å²) in [5.41, 5.74) is 1.47. The van der Waals surface area contributed by atoms with Crippen molar-refractivity contribution in [3.05, 3.63) is 105 Å². The highest BCUT2D eigenvalue weighted by Gasteiger charge is 2.33. The summed E-state index contributed by atoms with van der Waals surface area (Å²) in [7, 11) is 0. The zero-order chi connectivity index (χ0) is 22.8. The smallest absolute Gasteiger partial charge is 0.339 e. The number of esters is 1. The van der Waals surface area contributed by atoms with E-state index in [0.717, 1.165) is 5.56 Å². The van der Waals surface area contributed by atoms with Crippen molar-refractivity contribution in [2.75, 3.05) is 6.61 Å². The largest absolute Gasteiger partial charge is 0.452 e. The van der Waals surface area contributed by atoms with Crippen LogP contribution >= 0.6 is 11.6 Å². The van der Waals surface area contributed by atoms with Crippen LogP contribution < -0.4 is 5.32 Å². The number of halogens is 1. The van der Waals surface area contributed by atoms with Gasteiger partial charge in [-0.2, -0.15) is 0 Å². The molecule has 160 valence electrons. The monoisotopic (exact) mass is 447 g/mol. The Morgan fingerprint density at radius 1 is 0.875 bits per heavy atom. The number of benzene rings is 3. The molecular formula is C25H18ClNO5. The minimum atomic E-state index is -0.850. The highest BCUT2D eigenvalue weighted by molar-refractivity contribution is 6.31. The van der Waals surface area contributed by atoms with Gasteiger partial charge < -0.3 is 10.1 Å². The van der Waals surface area contributed by atoms with E-state index >= 15 is 0 Å². The van der Waals surface area contributed by atoms with Crippen molar-refractivity contribution in [2.45, 2.75) is 13.0 Å². The molecule has 1 unspecified atom stereocenters.